The van der Waals surface area contributed by atoms with Crippen LogP contribution in [0.5, 0.6) is 0 Å². The number of amides is 1. The minimum Gasteiger partial charge on any atom is -0.342 e. The zero-order valence-corrected chi connectivity index (χ0v) is 8.20. The van der Waals surface area contributed by atoms with E-state index in [1.165, 1.54) is 12.4 Å². The van der Waals surface area contributed by atoms with E-state index in [0.717, 1.165) is 0 Å². The fourth-order valence-corrected chi connectivity index (χ4v) is 1.04. The predicted molar refractivity (Wildman–Crippen MR) is 50.8 cm³/mol. The number of nitrogens with zero attached hydrogens (tertiary/aromatic N) is 1. The van der Waals surface area contributed by atoms with E-state index in [-0.39, 0.29) is 11.7 Å². The molecule has 0 radical (unpaired) electrons. The Balaban J connectivity index is 2.53. The maximum absolute atomic E-state index is 11.4. The molecule has 0 fully saturated rings. The summed E-state index contributed by atoms with van der Waals surface area (Å²) in [6.07, 6.45) is 3.32. The zero-order chi connectivity index (χ0) is 10.6. The molecule has 1 unspecified atom stereocenters. The van der Waals surface area contributed by atoms with E-state index in [9.17, 15) is 9.59 Å². The molecule has 0 aliphatic heterocycles. The molecule has 0 saturated heterocycles. The number of Topliss-reactive ketones (excluding diaryl/α,β-unsaturated/α-hetero) is 1. The molecule has 1 amide bonds. The van der Waals surface area contributed by atoms with E-state index in [1.54, 1.807) is 13.8 Å². The first kappa shape index (κ1) is 10.4. The van der Waals surface area contributed by atoms with Gasteiger partial charge in [0.25, 0.3) is 5.91 Å². The van der Waals surface area contributed by atoms with E-state index in [2.05, 4.69) is 15.5 Å². The smallest absolute Gasteiger partial charge is 0.255 e. The highest BCUT2D eigenvalue weighted by Gasteiger charge is 2.14. The molecule has 1 aromatic rings. The molecule has 2 N–H and O–H groups in total. The number of aromatic amines is 1. The minimum atomic E-state index is -0.442. The standard InChI is InChI=1S/C9H13N3O2/c1-3-8(13)6(2)12-9(14)7-4-10-11-5-7/h4-6H,3H2,1-2H3,(H,10,11)(H,12,14). The predicted octanol–water partition coefficient (Wildman–Crippen LogP) is 0.507. The van der Waals surface area contributed by atoms with E-state index < -0.39 is 6.04 Å². The first-order chi connectivity index (χ1) is 6.65. The number of aromatic nitrogens is 2. The summed E-state index contributed by atoms with van der Waals surface area (Å²) in [5.41, 5.74) is 0.431. The molecular formula is C9H13N3O2. The van der Waals surface area contributed by atoms with Gasteiger partial charge in [-0.25, -0.2) is 0 Å². The first-order valence-corrected chi connectivity index (χ1v) is 4.47. The van der Waals surface area contributed by atoms with Crippen molar-refractivity contribution >= 4 is 11.7 Å². The molecule has 14 heavy (non-hydrogen) atoms. The lowest BCUT2D eigenvalue weighted by Gasteiger charge is -2.10. The lowest BCUT2D eigenvalue weighted by atomic mass is 10.1. The van der Waals surface area contributed by atoms with Crippen LogP contribution in [-0.2, 0) is 4.79 Å². The van der Waals surface area contributed by atoms with Gasteiger partial charge in [-0.3, -0.25) is 14.7 Å². The Morgan fingerprint density at radius 1 is 1.64 bits per heavy atom. The maximum atomic E-state index is 11.4. The van der Waals surface area contributed by atoms with Crippen molar-refractivity contribution in [3.05, 3.63) is 18.0 Å². The normalized spacial score (nSPS) is 12.1. The van der Waals surface area contributed by atoms with Crippen molar-refractivity contribution in [3.63, 3.8) is 0 Å². The van der Waals surface area contributed by atoms with Crippen LogP contribution in [0.1, 0.15) is 30.6 Å². The highest BCUT2D eigenvalue weighted by molar-refractivity contribution is 5.97. The van der Waals surface area contributed by atoms with E-state index in [0.29, 0.717) is 12.0 Å². The molecule has 0 spiro atoms. The van der Waals surface area contributed by atoms with Crippen molar-refractivity contribution < 1.29 is 9.59 Å². The highest BCUT2D eigenvalue weighted by atomic mass is 16.2. The Morgan fingerprint density at radius 2 is 2.36 bits per heavy atom. The lowest BCUT2D eigenvalue weighted by molar-refractivity contribution is -0.120. The zero-order valence-electron chi connectivity index (χ0n) is 8.20. The molecule has 0 saturated carbocycles. The third kappa shape index (κ3) is 2.42. The summed E-state index contributed by atoms with van der Waals surface area (Å²) in [4.78, 5) is 22.6. The first-order valence-electron chi connectivity index (χ1n) is 4.47. The summed E-state index contributed by atoms with van der Waals surface area (Å²) < 4.78 is 0. The number of hydrogen-bond donors (Lipinski definition) is 2. The van der Waals surface area contributed by atoms with Gasteiger partial charge in [0.2, 0.25) is 0 Å². The van der Waals surface area contributed by atoms with Crippen LogP contribution in [0.25, 0.3) is 0 Å². The number of hydrogen-bond acceptors (Lipinski definition) is 3. The van der Waals surface area contributed by atoms with Gasteiger partial charge in [0, 0.05) is 12.6 Å². The van der Waals surface area contributed by atoms with Crippen molar-refractivity contribution in [2.75, 3.05) is 0 Å². The average Bonchev–Trinajstić information content (AvgIpc) is 2.69. The maximum Gasteiger partial charge on any atom is 0.255 e. The SMILES string of the molecule is CCC(=O)C(C)NC(=O)c1cn[nH]c1. The topological polar surface area (TPSA) is 74.8 Å². The van der Waals surface area contributed by atoms with Crippen LogP contribution >= 0.6 is 0 Å². The van der Waals surface area contributed by atoms with Gasteiger partial charge in [-0.1, -0.05) is 6.92 Å². The second-order valence-electron chi connectivity index (χ2n) is 3.00. The molecule has 0 aliphatic carbocycles. The van der Waals surface area contributed by atoms with Gasteiger partial charge in [0.05, 0.1) is 17.8 Å². The lowest BCUT2D eigenvalue weighted by Crippen LogP contribution is -2.38. The Kier molecular flexibility index (Phi) is 3.39. The quantitative estimate of drug-likeness (QED) is 0.734. The summed E-state index contributed by atoms with van der Waals surface area (Å²) in [7, 11) is 0. The number of ketones is 1. The minimum absolute atomic E-state index is 0.0156. The molecule has 5 heteroatoms. The number of nitrogens with one attached hydrogen (secondary N) is 2. The molecule has 1 rings (SSSR count). The Hall–Kier alpha value is -1.65. The van der Waals surface area contributed by atoms with Gasteiger partial charge in [-0.05, 0) is 6.92 Å². The molecule has 1 atom stereocenters. The fraction of sp³-hybridized carbons (Fsp3) is 0.444. The van der Waals surface area contributed by atoms with E-state index >= 15 is 0 Å². The second kappa shape index (κ2) is 4.55. The third-order valence-electron chi connectivity index (χ3n) is 1.94. The van der Waals surface area contributed by atoms with Gasteiger partial charge >= 0.3 is 0 Å². The van der Waals surface area contributed by atoms with Gasteiger partial charge in [0.15, 0.2) is 5.78 Å². The van der Waals surface area contributed by atoms with Crippen molar-refractivity contribution in [3.8, 4) is 0 Å². The Labute approximate surface area is 81.9 Å². The van der Waals surface area contributed by atoms with Gasteiger partial charge in [0.1, 0.15) is 0 Å². The van der Waals surface area contributed by atoms with E-state index in [1.807, 2.05) is 0 Å². The van der Waals surface area contributed by atoms with Crippen molar-refractivity contribution in [1.29, 1.82) is 0 Å². The number of rotatable bonds is 4. The van der Waals surface area contributed by atoms with Gasteiger partial charge < -0.3 is 5.32 Å². The average molecular weight is 195 g/mol. The van der Waals surface area contributed by atoms with Crippen LogP contribution in [0.2, 0.25) is 0 Å². The largest absolute Gasteiger partial charge is 0.342 e. The Morgan fingerprint density at radius 3 is 2.86 bits per heavy atom. The van der Waals surface area contributed by atoms with Crippen molar-refractivity contribution in [2.45, 2.75) is 26.3 Å². The van der Waals surface area contributed by atoms with Crippen LogP contribution in [0.4, 0.5) is 0 Å². The molecule has 5 nitrogen and oxygen atoms in total. The summed E-state index contributed by atoms with van der Waals surface area (Å²) >= 11 is 0. The van der Waals surface area contributed by atoms with Crippen molar-refractivity contribution in [2.24, 2.45) is 0 Å². The Bertz CT molecular complexity index is 319. The van der Waals surface area contributed by atoms with Crippen molar-refractivity contribution in [1.82, 2.24) is 15.5 Å². The second-order valence-corrected chi connectivity index (χ2v) is 3.00. The van der Waals surface area contributed by atoms with Gasteiger partial charge in [-0.15, -0.1) is 0 Å². The molecule has 0 aromatic carbocycles. The third-order valence-corrected chi connectivity index (χ3v) is 1.94. The molecule has 1 heterocycles. The van der Waals surface area contributed by atoms with Crippen LogP contribution in [-0.4, -0.2) is 27.9 Å². The van der Waals surface area contributed by atoms with Crippen LogP contribution in [0.3, 0.4) is 0 Å². The fourth-order valence-electron chi connectivity index (χ4n) is 1.04. The van der Waals surface area contributed by atoms with Gasteiger partial charge in [-0.2, -0.15) is 5.10 Å². The van der Waals surface area contributed by atoms with Crippen LogP contribution in [0, 0.1) is 0 Å². The molecule has 1 aromatic heterocycles. The molecule has 0 bridgehead atoms. The summed E-state index contributed by atoms with van der Waals surface area (Å²) in [5.74, 6) is -0.269. The number of carbonyl (C=O) groups excluding carboxylic acids is 2. The summed E-state index contributed by atoms with van der Waals surface area (Å²) in [6, 6.07) is -0.442. The van der Waals surface area contributed by atoms with Crippen LogP contribution in [0.15, 0.2) is 12.4 Å². The highest BCUT2D eigenvalue weighted by Crippen LogP contribution is 1.96. The summed E-state index contributed by atoms with van der Waals surface area (Å²) in [6.45, 7) is 3.44. The number of H-pyrrole nitrogens is 1. The van der Waals surface area contributed by atoms with Crippen LogP contribution < -0.4 is 5.32 Å². The summed E-state index contributed by atoms with van der Waals surface area (Å²) in [5, 5.41) is 8.76. The monoisotopic (exact) mass is 195 g/mol. The molecule has 76 valence electrons. The molecule has 0 aliphatic rings. The number of carbonyl (C=O) groups is 2. The molecular weight excluding hydrogens is 182 g/mol. The van der Waals surface area contributed by atoms with E-state index in [4.69, 9.17) is 0 Å².